The molecule has 2 rings (SSSR count). The summed E-state index contributed by atoms with van der Waals surface area (Å²) in [4.78, 5) is 21.8. The molecule has 4 amide bonds. The van der Waals surface area contributed by atoms with E-state index in [9.17, 15) is 9.59 Å². The average molecular weight is 299 g/mol. The summed E-state index contributed by atoms with van der Waals surface area (Å²) in [6.07, 6.45) is 0.736. The summed E-state index contributed by atoms with van der Waals surface area (Å²) in [6, 6.07) is 13.8. The van der Waals surface area contributed by atoms with Crippen LogP contribution in [0.2, 0.25) is 0 Å². The van der Waals surface area contributed by atoms with Gasteiger partial charge in [0.15, 0.2) is 0 Å². The van der Waals surface area contributed by atoms with Crippen molar-refractivity contribution in [1.82, 2.24) is 5.43 Å². The van der Waals surface area contributed by atoms with Gasteiger partial charge in [-0.05, 0) is 41.8 Å². The Bertz CT molecular complexity index is 653. The number of anilines is 2. The van der Waals surface area contributed by atoms with Crippen LogP contribution in [0.5, 0.6) is 0 Å². The highest BCUT2D eigenvalue weighted by atomic mass is 16.2. The highest BCUT2D eigenvalue weighted by molar-refractivity contribution is 5.88. The maximum absolute atomic E-state index is 11.1. The van der Waals surface area contributed by atoms with Gasteiger partial charge in [0, 0.05) is 11.4 Å². The zero-order valence-electron chi connectivity index (χ0n) is 11.8. The molecule has 0 saturated carbocycles. The Kier molecular flexibility index (Phi) is 4.94. The topological polar surface area (TPSA) is 122 Å². The number of hydrogen-bond acceptors (Lipinski definition) is 3. The molecule has 0 heterocycles. The fourth-order valence-electron chi connectivity index (χ4n) is 1.96. The zero-order valence-corrected chi connectivity index (χ0v) is 11.8. The van der Waals surface area contributed by atoms with E-state index in [1.54, 1.807) is 24.3 Å². The molecule has 22 heavy (non-hydrogen) atoms. The summed E-state index contributed by atoms with van der Waals surface area (Å²) in [7, 11) is 0. The van der Waals surface area contributed by atoms with Crippen LogP contribution in [0.25, 0.3) is 0 Å². The van der Waals surface area contributed by atoms with Gasteiger partial charge >= 0.3 is 12.1 Å². The van der Waals surface area contributed by atoms with Crippen LogP contribution in [0.4, 0.5) is 21.0 Å². The Morgan fingerprint density at radius 3 is 1.68 bits per heavy atom. The van der Waals surface area contributed by atoms with Crippen molar-refractivity contribution >= 4 is 23.4 Å². The Morgan fingerprint density at radius 1 is 0.818 bits per heavy atom. The molecule has 0 radical (unpaired) electrons. The van der Waals surface area contributed by atoms with Crippen LogP contribution in [-0.2, 0) is 6.42 Å². The third kappa shape index (κ3) is 4.50. The number of primary amides is 1. The lowest BCUT2D eigenvalue weighted by Gasteiger charge is -2.07. The summed E-state index contributed by atoms with van der Waals surface area (Å²) in [6.45, 7) is 0. The standard InChI is InChI=1S/C15H17N5O2/c16-14(21)18-12-5-1-10(2-6-12)9-11-3-7-13(8-4-11)19-15(22)20-17/h1-8H,9,17H2,(H3,16,18,21)(H2,19,20,22). The van der Waals surface area contributed by atoms with Crippen LogP contribution in [0, 0.1) is 0 Å². The molecule has 7 heteroatoms. The van der Waals surface area contributed by atoms with Crippen molar-refractivity contribution in [2.45, 2.75) is 6.42 Å². The van der Waals surface area contributed by atoms with E-state index in [2.05, 4.69) is 10.6 Å². The smallest absolute Gasteiger partial charge is 0.333 e. The quantitative estimate of drug-likeness (QED) is 0.336. The van der Waals surface area contributed by atoms with Gasteiger partial charge in [-0.1, -0.05) is 24.3 Å². The summed E-state index contributed by atoms with van der Waals surface area (Å²) in [5.74, 6) is 5.00. The van der Waals surface area contributed by atoms with Gasteiger partial charge in [-0.2, -0.15) is 0 Å². The van der Waals surface area contributed by atoms with Gasteiger partial charge < -0.3 is 16.4 Å². The summed E-state index contributed by atoms with van der Waals surface area (Å²) in [5.41, 5.74) is 10.6. The minimum absolute atomic E-state index is 0.467. The van der Waals surface area contributed by atoms with E-state index in [4.69, 9.17) is 11.6 Å². The van der Waals surface area contributed by atoms with E-state index in [-0.39, 0.29) is 0 Å². The highest BCUT2D eigenvalue weighted by Crippen LogP contribution is 2.15. The van der Waals surface area contributed by atoms with Gasteiger partial charge in [-0.3, -0.25) is 5.43 Å². The van der Waals surface area contributed by atoms with E-state index in [1.807, 2.05) is 29.7 Å². The number of benzene rings is 2. The molecule has 0 fully saturated rings. The number of carbonyl (C=O) groups excluding carboxylic acids is 2. The second-order valence-corrected chi connectivity index (χ2v) is 4.66. The molecule has 0 bridgehead atoms. The SMILES string of the molecule is NNC(=O)Nc1ccc(Cc2ccc(NC(N)=O)cc2)cc1. The Labute approximate surface area is 127 Å². The molecule has 0 atom stereocenters. The first kappa shape index (κ1) is 15.3. The molecule has 2 aromatic rings. The van der Waals surface area contributed by atoms with Crippen molar-refractivity contribution in [1.29, 1.82) is 0 Å². The number of amides is 4. The van der Waals surface area contributed by atoms with Gasteiger partial charge in [0.05, 0.1) is 0 Å². The molecule has 2 aromatic carbocycles. The van der Waals surface area contributed by atoms with E-state index >= 15 is 0 Å². The van der Waals surface area contributed by atoms with Gasteiger partial charge in [-0.25, -0.2) is 15.4 Å². The fraction of sp³-hybridized carbons (Fsp3) is 0.0667. The van der Waals surface area contributed by atoms with Gasteiger partial charge in [0.1, 0.15) is 0 Å². The third-order valence-electron chi connectivity index (χ3n) is 2.97. The molecule has 114 valence electrons. The maximum atomic E-state index is 11.1. The number of nitrogens with two attached hydrogens (primary N) is 2. The minimum Gasteiger partial charge on any atom is -0.351 e. The first-order valence-corrected chi connectivity index (χ1v) is 6.59. The van der Waals surface area contributed by atoms with E-state index in [0.29, 0.717) is 11.4 Å². The molecule has 7 N–H and O–H groups in total. The van der Waals surface area contributed by atoms with Gasteiger partial charge in [0.2, 0.25) is 0 Å². The minimum atomic E-state index is -0.586. The van der Waals surface area contributed by atoms with Crippen molar-refractivity contribution in [3.63, 3.8) is 0 Å². The van der Waals surface area contributed by atoms with Gasteiger partial charge in [0.25, 0.3) is 0 Å². The first-order chi connectivity index (χ1) is 10.6. The third-order valence-corrected chi connectivity index (χ3v) is 2.97. The van der Waals surface area contributed by atoms with Crippen molar-refractivity contribution in [3.8, 4) is 0 Å². The average Bonchev–Trinajstić information content (AvgIpc) is 2.50. The van der Waals surface area contributed by atoms with Crippen molar-refractivity contribution < 1.29 is 9.59 Å². The molecule has 0 unspecified atom stereocenters. The molecule has 0 aliphatic rings. The van der Waals surface area contributed by atoms with Crippen LogP contribution < -0.4 is 27.6 Å². The van der Waals surface area contributed by atoms with Crippen LogP contribution in [0.3, 0.4) is 0 Å². The second kappa shape index (κ2) is 7.09. The predicted octanol–water partition coefficient (Wildman–Crippen LogP) is 1.76. The number of carbonyl (C=O) groups is 2. The predicted molar refractivity (Wildman–Crippen MR) is 85.2 cm³/mol. The molecule has 0 aliphatic heterocycles. The molecular formula is C15H17N5O2. The lowest BCUT2D eigenvalue weighted by Crippen LogP contribution is -2.34. The maximum Gasteiger partial charge on any atom is 0.333 e. The van der Waals surface area contributed by atoms with Crippen molar-refractivity contribution in [2.75, 3.05) is 10.6 Å². The largest absolute Gasteiger partial charge is 0.351 e. The van der Waals surface area contributed by atoms with E-state index in [1.165, 1.54) is 0 Å². The Hall–Kier alpha value is -3.06. The lowest BCUT2D eigenvalue weighted by atomic mass is 10.0. The molecule has 7 nitrogen and oxygen atoms in total. The fourth-order valence-corrected chi connectivity index (χ4v) is 1.96. The van der Waals surface area contributed by atoms with E-state index in [0.717, 1.165) is 17.5 Å². The van der Waals surface area contributed by atoms with Crippen LogP contribution in [0.1, 0.15) is 11.1 Å². The Balaban J connectivity index is 1.98. The van der Waals surface area contributed by atoms with Crippen LogP contribution >= 0.6 is 0 Å². The molecule has 0 spiro atoms. The number of hydrazine groups is 1. The van der Waals surface area contributed by atoms with Gasteiger partial charge in [-0.15, -0.1) is 0 Å². The monoisotopic (exact) mass is 299 g/mol. The van der Waals surface area contributed by atoms with Crippen LogP contribution in [0.15, 0.2) is 48.5 Å². The number of urea groups is 2. The Morgan fingerprint density at radius 2 is 1.27 bits per heavy atom. The number of rotatable bonds is 4. The first-order valence-electron chi connectivity index (χ1n) is 6.59. The zero-order chi connectivity index (χ0) is 15.9. The highest BCUT2D eigenvalue weighted by Gasteiger charge is 2.01. The molecule has 0 aromatic heterocycles. The molecule has 0 saturated heterocycles. The second-order valence-electron chi connectivity index (χ2n) is 4.66. The summed E-state index contributed by atoms with van der Waals surface area (Å²) < 4.78 is 0. The lowest BCUT2D eigenvalue weighted by molar-refractivity contribution is 0.252. The summed E-state index contributed by atoms with van der Waals surface area (Å²) >= 11 is 0. The molecular weight excluding hydrogens is 282 g/mol. The van der Waals surface area contributed by atoms with Crippen LogP contribution in [-0.4, -0.2) is 12.1 Å². The normalized spacial score (nSPS) is 9.86. The number of hydrogen-bond donors (Lipinski definition) is 5. The summed E-state index contributed by atoms with van der Waals surface area (Å²) in [5, 5.41) is 5.09. The molecule has 0 aliphatic carbocycles. The van der Waals surface area contributed by atoms with E-state index < -0.39 is 12.1 Å². The van der Waals surface area contributed by atoms with Crippen molar-refractivity contribution in [2.24, 2.45) is 11.6 Å². The van der Waals surface area contributed by atoms with Crippen molar-refractivity contribution in [3.05, 3.63) is 59.7 Å². The number of nitrogens with one attached hydrogen (secondary N) is 3.